The highest BCUT2D eigenvalue weighted by molar-refractivity contribution is 7.23. The molecule has 0 radical (unpaired) electrons. The van der Waals surface area contributed by atoms with E-state index in [0.717, 1.165) is 59.2 Å². The molecule has 3 N–H and O–H groups in total. The molecule has 1 saturated carbocycles. The summed E-state index contributed by atoms with van der Waals surface area (Å²) >= 11 is 13.7. The maximum Gasteiger partial charge on any atom is 0.303 e. The lowest BCUT2D eigenvalue weighted by atomic mass is 10.0. The predicted octanol–water partition coefficient (Wildman–Crippen LogP) is 8.51. The first kappa shape index (κ1) is 29.7. The van der Waals surface area contributed by atoms with Crippen LogP contribution in [0.5, 0.6) is 0 Å². The van der Waals surface area contributed by atoms with E-state index in [9.17, 15) is 9.90 Å². The van der Waals surface area contributed by atoms with Crippen molar-refractivity contribution in [3.63, 3.8) is 0 Å². The number of carboxylic acid groups (broad SMARTS) is 1. The van der Waals surface area contributed by atoms with Crippen LogP contribution in [-0.4, -0.2) is 32.9 Å². The molecule has 1 aromatic carbocycles. The first-order chi connectivity index (χ1) is 18.2. The molecule has 8 heteroatoms. The minimum absolute atomic E-state index is 0.0271. The van der Waals surface area contributed by atoms with Crippen LogP contribution in [-0.2, 0) is 11.2 Å². The molecule has 0 spiro atoms. The van der Waals surface area contributed by atoms with Crippen molar-refractivity contribution in [3.8, 4) is 0 Å². The quantitative estimate of drug-likeness (QED) is 0.158. The number of aryl methyl sites for hydroxylation is 1. The van der Waals surface area contributed by atoms with E-state index in [-0.39, 0.29) is 24.2 Å². The molecular weight excluding hydrogens is 541 g/mol. The standard InChI is InChI=1S/C24H21Cl2NOS.C6H10O3/c1-3-6-19(16(2)28)10-5-9-17-7-4-8-18(15-17)11-12-20-13-14-21-23(27-20)22(25)24(26)29-21;7-4-6(1-2-6)3-5(8)9/h3-4,6-8,11-15,28H,1-2,5,9-10H2;7H,1-4H2,(H,8,9)/b12-11+,19-6-;. The van der Waals surface area contributed by atoms with Crippen LogP contribution in [0.3, 0.4) is 0 Å². The molecule has 1 aliphatic carbocycles. The van der Waals surface area contributed by atoms with Crippen LogP contribution in [0.2, 0.25) is 9.36 Å². The van der Waals surface area contributed by atoms with Crippen molar-refractivity contribution in [1.29, 1.82) is 0 Å². The number of hydrogen-bond donors (Lipinski definition) is 3. The summed E-state index contributed by atoms with van der Waals surface area (Å²) in [6.45, 7) is 7.30. The second-order valence-corrected chi connectivity index (χ2v) is 11.3. The third kappa shape index (κ3) is 8.57. The van der Waals surface area contributed by atoms with Gasteiger partial charge in [-0.15, -0.1) is 11.3 Å². The van der Waals surface area contributed by atoms with Gasteiger partial charge in [0.05, 0.1) is 21.8 Å². The van der Waals surface area contributed by atoms with E-state index in [1.165, 1.54) is 16.9 Å². The topological polar surface area (TPSA) is 90.7 Å². The third-order valence-corrected chi connectivity index (χ3v) is 8.21. The van der Waals surface area contributed by atoms with Crippen molar-refractivity contribution in [2.24, 2.45) is 5.41 Å². The predicted molar refractivity (Wildman–Crippen MR) is 159 cm³/mol. The minimum Gasteiger partial charge on any atom is -0.508 e. The number of allylic oxidation sites excluding steroid dienone is 3. The molecule has 0 saturated heterocycles. The summed E-state index contributed by atoms with van der Waals surface area (Å²) in [5, 5.41) is 27.1. The number of pyridine rings is 1. The van der Waals surface area contributed by atoms with E-state index in [2.05, 4.69) is 36.3 Å². The summed E-state index contributed by atoms with van der Waals surface area (Å²) in [7, 11) is 0. The van der Waals surface area contributed by atoms with Gasteiger partial charge >= 0.3 is 5.97 Å². The molecule has 0 bridgehead atoms. The lowest BCUT2D eigenvalue weighted by Crippen LogP contribution is -2.12. The average molecular weight is 573 g/mol. The Labute approximate surface area is 237 Å². The molecule has 38 heavy (non-hydrogen) atoms. The molecule has 0 amide bonds. The first-order valence-electron chi connectivity index (χ1n) is 12.2. The number of benzene rings is 1. The van der Waals surface area contributed by atoms with Gasteiger partial charge in [-0.3, -0.25) is 4.79 Å². The Hall–Kier alpha value is -2.90. The van der Waals surface area contributed by atoms with Gasteiger partial charge in [0.1, 0.15) is 15.6 Å². The van der Waals surface area contributed by atoms with E-state index in [1.807, 2.05) is 30.4 Å². The second kappa shape index (κ2) is 13.8. The number of fused-ring (bicyclic) bond motifs is 1. The fourth-order valence-electron chi connectivity index (χ4n) is 3.90. The Morgan fingerprint density at radius 1 is 1.16 bits per heavy atom. The molecule has 1 aliphatic rings. The number of aliphatic hydroxyl groups excluding tert-OH is 2. The molecule has 4 rings (SSSR count). The number of aliphatic hydroxyl groups is 2. The fourth-order valence-corrected chi connectivity index (χ4v) is 5.31. The van der Waals surface area contributed by atoms with E-state index in [0.29, 0.717) is 9.36 Å². The van der Waals surface area contributed by atoms with Gasteiger partial charge in [-0.2, -0.15) is 0 Å². The molecule has 0 atom stereocenters. The maximum absolute atomic E-state index is 10.1. The highest BCUT2D eigenvalue weighted by Crippen LogP contribution is 2.48. The number of halogens is 2. The molecular formula is C30H31Cl2NO4S. The highest BCUT2D eigenvalue weighted by atomic mass is 35.5. The molecule has 5 nitrogen and oxygen atoms in total. The molecule has 0 unspecified atom stereocenters. The molecule has 2 heterocycles. The van der Waals surface area contributed by atoms with Crippen molar-refractivity contribution in [1.82, 2.24) is 4.98 Å². The summed E-state index contributed by atoms with van der Waals surface area (Å²) < 4.78 is 1.55. The van der Waals surface area contributed by atoms with Gasteiger partial charge in [0.25, 0.3) is 0 Å². The van der Waals surface area contributed by atoms with Gasteiger partial charge in [-0.25, -0.2) is 4.98 Å². The molecule has 3 aromatic rings. The summed E-state index contributed by atoms with van der Waals surface area (Å²) in [6, 6.07) is 12.3. The van der Waals surface area contributed by atoms with Crippen LogP contribution in [0, 0.1) is 5.41 Å². The van der Waals surface area contributed by atoms with Crippen LogP contribution in [0.1, 0.15) is 48.9 Å². The Balaban J connectivity index is 0.000000375. The van der Waals surface area contributed by atoms with Crippen LogP contribution >= 0.6 is 34.5 Å². The maximum atomic E-state index is 10.1. The van der Waals surface area contributed by atoms with Crippen LogP contribution < -0.4 is 0 Å². The van der Waals surface area contributed by atoms with E-state index < -0.39 is 5.97 Å². The van der Waals surface area contributed by atoms with Gasteiger partial charge in [-0.1, -0.05) is 78.9 Å². The highest BCUT2D eigenvalue weighted by Gasteiger charge is 2.43. The molecule has 200 valence electrons. The Morgan fingerprint density at radius 3 is 2.53 bits per heavy atom. The van der Waals surface area contributed by atoms with Crippen LogP contribution in [0.25, 0.3) is 22.4 Å². The van der Waals surface area contributed by atoms with Crippen molar-refractivity contribution in [2.45, 2.75) is 38.5 Å². The lowest BCUT2D eigenvalue weighted by Gasteiger charge is -2.06. The number of thiophene rings is 1. The number of carboxylic acids is 1. The first-order valence-corrected chi connectivity index (χ1v) is 13.8. The van der Waals surface area contributed by atoms with E-state index in [4.69, 9.17) is 33.4 Å². The Morgan fingerprint density at radius 2 is 1.92 bits per heavy atom. The molecule has 2 aromatic heterocycles. The van der Waals surface area contributed by atoms with Crippen molar-refractivity contribution in [3.05, 3.63) is 99.2 Å². The van der Waals surface area contributed by atoms with E-state index in [1.54, 1.807) is 12.2 Å². The number of aromatic nitrogens is 1. The zero-order chi connectivity index (χ0) is 27.7. The fraction of sp³-hybridized carbons (Fsp3) is 0.267. The van der Waals surface area contributed by atoms with Gasteiger partial charge in [0, 0.05) is 12.0 Å². The summed E-state index contributed by atoms with van der Waals surface area (Å²) in [5.74, 6) is -0.695. The largest absolute Gasteiger partial charge is 0.508 e. The van der Waals surface area contributed by atoms with Crippen molar-refractivity contribution in [2.75, 3.05) is 6.61 Å². The zero-order valence-electron chi connectivity index (χ0n) is 21.0. The smallest absolute Gasteiger partial charge is 0.303 e. The van der Waals surface area contributed by atoms with Crippen molar-refractivity contribution >= 4 is 62.9 Å². The SMILES string of the molecule is C=C/C=C(/CCCc1cccc(/C=C/c2ccc3sc(Cl)c(Cl)c3n2)c1)C(=C)O.O=C(O)CC1(CO)CC1. The normalized spacial score (nSPS) is 14.2. The number of hydrogen-bond acceptors (Lipinski definition) is 5. The second-order valence-electron chi connectivity index (χ2n) is 9.31. The van der Waals surface area contributed by atoms with Gasteiger partial charge < -0.3 is 15.3 Å². The van der Waals surface area contributed by atoms with Crippen LogP contribution in [0.15, 0.2) is 73.0 Å². The molecule has 1 fully saturated rings. The summed E-state index contributed by atoms with van der Waals surface area (Å²) in [5.41, 5.74) is 4.51. The zero-order valence-corrected chi connectivity index (χ0v) is 23.3. The molecule has 0 aliphatic heterocycles. The monoisotopic (exact) mass is 571 g/mol. The van der Waals surface area contributed by atoms with Gasteiger partial charge in [0.2, 0.25) is 0 Å². The minimum atomic E-state index is -0.804. The Kier molecular flexibility index (Phi) is 10.7. The Bertz CT molecular complexity index is 1370. The van der Waals surface area contributed by atoms with Crippen LogP contribution in [0.4, 0.5) is 0 Å². The number of rotatable bonds is 11. The lowest BCUT2D eigenvalue weighted by molar-refractivity contribution is -0.138. The summed E-state index contributed by atoms with van der Waals surface area (Å²) in [6.07, 6.45) is 11.9. The third-order valence-electron chi connectivity index (χ3n) is 6.28. The van der Waals surface area contributed by atoms with Gasteiger partial charge in [0.15, 0.2) is 0 Å². The average Bonchev–Trinajstić information content (AvgIpc) is 3.60. The van der Waals surface area contributed by atoms with Crippen molar-refractivity contribution < 1.29 is 20.1 Å². The number of nitrogens with zero attached hydrogens (tertiary/aromatic N) is 1. The number of carbonyl (C=O) groups is 1. The number of aliphatic carboxylic acids is 1. The van der Waals surface area contributed by atoms with Gasteiger partial charge in [-0.05, 0) is 67.0 Å². The van der Waals surface area contributed by atoms with E-state index >= 15 is 0 Å². The summed E-state index contributed by atoms with van der Waals surface area (Å²) in [4.78, 5) is 14.7.